The Labute approximate surface area is 131 Å². The van der Waals surface area contributed by atoms with Gasteiger partial charge in [-0.3, -0.25) is 4.79 Å². The second-order valence-electron chi connectivity index (χ2n) is 3.88. The van der Waals surface area contributed by atoms with Crippen LogP contribution >= 0.6 is 27.5 Å². The summed E-state index contributed by atoms with van der Waals surface area (Å²) in [6.07, 6.45) is 0.538. The van der Waals surface area contributed by atoms with Gasteiger partial charge in [-0.1, -0.05) is 27.5 Å². The Bertz CT molecular complexity index is 577. The maximum atomic E-state index is 12.0. The SMILES string of the molecule is CCOC(=O)CCCNS(=O)(=O)c1ccc(Br)cc1Cl. The smallest absolute Gasteiger partial charge is 0.305 e. The molecule has 0 aromatic heterocycles. The number of hydrogen-bond acceptors (Lipinski definition) is 4. The molecule has 0 saturated heterocycles. The first-order chi connectivity index (χ1) is 9.36. The van der Waals surface area contributed by atoms with Crippen LogP contribution in [-0.2, 0) is 19.6 Å². The molecule has 112 valence electrons. The summed E-state index contributed by atoms with van der Waals surface area (Å²) in [4.78, 5) is 11.1. The maximum absolute atomic E-state index is 12.0. The molecular formula is C12H15BrClNO4S. The minimum atomic E-state index is -3.67. The Morgan fingerprint density at radius 1 is 1.45 bits per heavy atom. The molecule has 0 unspecified atom stereocenters. The van der Waals surface area contributed by atoms with Crippen molar-refractivity contribution in [1.29, 1.82) is 0 Å². The first kappa shape index (κ1) is 17.4. The first-order valence-electron chi connectivity index (χ1n) is 5.97. The lowest BCUT2D eigenvalue weighted by Crippen LogP contribution is -2.25. The average Bonchev–Trinajstić information content (AvgIpc) is 2.34. The third-order valence-electron chi connectivity index (χ3n) is 2.34. The minimum absolute atomic E-state index is 0.0125. The van der Waals surface area contributed by atoms with Crippen molar-refractivity contribution in [3.63, 3.8) is 0 Å². The molecule has 0 aliphatic heterocycles. The third-order valence-corrected chi connectivity index (χ3v) is 4.78. The van der Waals surface area contributed by atoms with Crippen molar-refractivity contribution in [1.82, 2.24) is 4.72 Å². The summed E-state index contributed by atoms with van der Waals surface area (Å²) in [5.41, 5.74) is 0. The van der Waals surface area contributed by atoms with Crippen molar-refractivity contribution >= 4 is 43.5 Å². The van der Waals surface area contributed by atoms with Crippen LogP contribution < -0.4 is 4.72 Å². The number of hydrogen-bond donors (Lipinski definition) is 1. The van der Waals surface area contributed by atoms with Crippen molar-refractivity contribution in [3.8, 4) is 0 Å². The van der Waals surface area contributed by atoms with Crippen LogP contribution in [0, 0.1) is 0 Å². The van der Waals surface area contributed by atoms with E-state index in [0.717, 1.165) is 0 Å². The van der Waals surface area contributed by atoms with Gasteiger partial charge >= 0.3 is 5.97 Å². The van der Waals surface area contributed by atoms with E-state index in [1.54, 1.807) is 13.0 Å². The van der Waals surface area contributed by atoms with Gasteiger partial charge in [0.25, 0.3) is 0 Å². The number of esters is 1. The molecule has 0 atom stereocenters. The van der Waals surface area contributed by atoms with Crippen molar-refractivity contribution < 1.29 is 17.9 Å². The van der Waals surface area contributed by atoms with Crippen molar-refractivity contribution in [3.05, 3.63) is 27.7 Å². The van der Waals surface area contributed by atoms with E-state index in [2.05, 4.69) is 20.7 Å². The summed E-state index contributed by atoms with van der Waals surface area (Å²) in [5.74, 6) is -0.339. The normalized spacial score (nSPS) is 11.3. The summed E-state index contributed by atoms with van der Waals surface area (Å²) < 4.78 is 31.9. The number of rotatable bonds is 7. The molecule has 5 nitrogen and oxygen atoms in total. The van der Waals surface area contributed by atoms with Gasteiger partial charge < -0.3 is 4.74 Å². The lowest BCUT2D eigenvalue weighted by atomic mass is 10.3. The second-order valence-corrected chi connectivity index (χ2v) is 6.94. The Morgan fingerprint density at radius 3 is 2.75 bits per heavy atom. The molecule has 0 spiro atoms. The number of benzene rings is 1. The van der Waals surface area contributed by atoms with Crippen LogP contribution in [0.3, 0.4) is 0 Å². The highest BCUT2D eigenvalue weighted by atomic mass is 79.9. The van der Waals surface area contributed by atoms with E-state index in [4.69, 9.17) is 16.3 Å². The standard InChI is InChI=1S/C12H15BrClNO4S/c1-2-19-12(16)4-3-7-15-20(17,18)11-6-5-9(13)8-10(11)14/h5-6,8,15H,2-4,7H2,1H3. The van der Waals surface area contributed by atoms with E-state index in [0.29, 0.717) is 17.5 Å². The molecule has 8 heteroatoms. The van der Waals surface area contributed by atoms with Crippen molar-refractivity contribution in [2.75, 3.05) is 13.2 Å². The van der Waals surface area contributed by atoms with Gasteiger partial charge in [-0.25, -0.2) is 13.1 Å². The predicted octanol–water partition coefficient (Wildman–Crippen LogP) is 2.72. The number of halogens is 2. The van der Waals surface area contributed by atoms with Crippen LogP contribution in [0.4, 0.5) is 0 Å². The van der Waals surface area contributed by atoms with E-state index in [1.807, 2.05) is 0 Å². The predicted molar refractivity (Wildman–Crippen MR) is 80.2 cm³/mol. The number of ether oxygens (including phenoxy) is 1. The summed E-state index contributed by atoms with van der Waals surface area (Å²) in [6.45, 7) is 2.18. The molecular weight excluding hydrogens is 370 g/mol. The Balaban J connectivity index is 2.56. The highest BCUT2D eigenvalue weighted by Crippen LogP contribution is 2.24. The molecule has 1 rings (SSSR count). The molecule has 20 heavy (non-hydrogen) atoms. The fourth-order valence-electron chi connectivity index (χ4n) is 1.44. The largest absolute Gasteiger partial charge is 0.466 e. The van der Waals surface area contributed by atoms with Crippen LogP contribution in [0.25, 0.3) is 0 Å². The van der Waals surface area contributed by atoms with Gasteiger partial charge in [0.15, 0.2) is 0 Å². The molecule has 1 aromatic rings. The first-order valence-corrected chi connectivity index (χ1v) is 8.62. The molecule has 0 fully saturated rings. The van der Waals surface area contributed by atoms with E-state index in [9.17, 15) is 13.2 Å². The number of sulfonamides is 1. The number of carbonyl (C=O) groups is 1. The highest BCUT2D eigenvalue weighted by Gasteiger charge is 2.17. The maximum Gasteiger partial charge on any atom is 0.305 e. The van der Waals surface area contributed by atoms with Crippen molar-refractivity contribution in [2.45, 2.75) is 24.7 Å². The van der Waals surface area contributed by atoms with Crippen molar-refractivity contribution in [2.24, 2.45) is 0 Å². The number of carbonyl (C=O) groups excluding carboxylic acids is 1. The van der Waals surface area contributed by atoms with Gasteiger partial charge in [-0.2, -0.15) is 0 Å². The summed E-state index contributed by atoms with van der Waals surface area (Å²) in [5, 5.41) is 0.136. The molecule has 0 saturated carbocycles. The Kier molecular flexibility index (Phi) is 6.94. The Hall–Kier alpha value is -0.630. The third kappa shape index (κ3) is 5.40. The zero-order valence-electron chi connectivity index (χ0n) is 10.9. The zero-order chi connectivity index (χ0) is 15.2. The van der Waals surface area contributed by atoms with Gasteiger partial charge in [0.2, 0.25) is 10.0 Å². The topological polar surface area (TPSA) is 72.5 Å². The van der Waals surface area contributed by atoms with Crippen LogP contribution in [0.15, 0.2) is 27.6 Å². The molecule has 0 aliphatic carbocycles. The highest BCUT2D eigenvalue weighted by molar-refractivity contribution is 9.10. The second kappa shape index (κ2) is 7.97. The molecule has 1 aromatic carbocycles. The average molecular weight is 385 g/mol. The lowest BCUT2D eigenvalue weighted by molar-refractivity contribution is -0.143. The summed E-state index contributed by atoms with van der Waals surface area (Å²) in [6, 6.07) is 4.52. The molecule has 0 radical (unpaired) electrons. The summed E-state index contributed by atoms with van der Waals surface area (Å²) >= 11 is 9.10. The lowest BCUT2D eigenvalue weighted by Gasteiger charge is -2.08. The number of nitrogens with one attached hydrogen (secondary N) is 1. The van der Waals surface area contributed by atoms with Gasteiger partial charge in [0.1, 0.15) is 4.90 Å². The van der Waals surface area contributed by atoms with Crippen LogP contribution in [-0.4, -0.2) is 27.5 Å². The molecule has 0 aliphatic rings. The van der Waals surface area contributed by atoms with Crippen LogP contribution in [0.5, 0.6) is 0 Å². The zero-order valence-corrected chi connectivity index (χ0v) is 14.0. The minimum Gasteiger partial charge on any atom is -0.466 e. The summed E-state index contributed by atoms with van der Waals surface area (Å²) in [7, 11) is -3.67. The van der Waals surface area contributed by atoms with E-state index >= 15 is 0 Å². The van der Waals surface area contributed by atoms with Crippen LogP contribution in [0.1, 0.15) is 19.8 Å². The molecule has 0 heterocycles. The van der Waals surface area contributed by atoms with E-state index in [-0.39, 0.29) is 28.9 Å². The fraction of sp³-hybridized carbons (Fsp3) is 0.417. The Morgan fingerprint density at radius 2 is 2.15 bits per heavy atom. The quantitative estimate of drug-likeness (QED) is 0.579. The monoisotopic (exact) mass is 383 g/mol. The van der Waals surface area contributed by atoms with Gasteiger partial charge in [0, 0.05) is 17.4 Å². The van der Waals surface area contributed by atoms with Gasteiger partial charge in [-0.15, -0.1) is 0 Å². The fourth-order valence-corrected chi connectivity index (χ4v) is 3.55. The van der Waals surface area contributed by atoms with Gasteiger partial charge in [0.05, 0.1) is 11.6 Å². The van der Waals surface area contributed by atoms with Gasteiger partial charge in [-0.05, 0) is 31.5 Å². The molecule has 0 bridgehead atoms. The van der Waals surface area contributed by atoms with E-state index in [1.165, 1.54) is 12.1 Å². The van der Waals surface area contributed by atoms with Crippen LogP contribution in [0.2, 0.25) is 5.02 Å². The molecule has 0 amide bonds. The van der Waals surface area contributed by atoms with E-state index < -0.39 is 10.0 Å². The molecule has 1 N–H and O–H groups in total.